The van der Waals surface area contributed by atoms with Crippen molar-refractivity contribution in [3.05, 3.63) is 34.0 Å². The quantitative estimate of drug-likeness (QED) is 0.430. The first-order chi connectivity index (χ1) is 16.9. The lowest BCUT2D eigenvalue weighted by molar-refractivity contribution is -0.140. The van der Waals surface area contributed by atoms with E-state index in [9.17, 15) is 14.4 Å². The summed E-state index contributed by atoms with van der Waals surface area (Å²) in [4.78, 5) is 44.7. The average molecular weight is 519 g/mol. The van der Waals surface area contributed by atoms with Gasteiger partial charge < -0.3 is 15.5 Å². The van der Waals surface area contributed by atoms with E-state index in [1.807, 2.05) is 51.3 Å². The molecular formula is C28H46N4O3S. The Bertz CT molecular complexity index is 895. The molecule has 1 aromatic heterocycles. The van der Waals surface area contributed by atoms with E-state index in [0.29, 0.717) is 12.1 Å². The highest BCUT2D eigenvalue weighted by molar-refractivity contribution is 7.09. The molecule has 0 bridgehead atoms. The Morgan fingerprint density at radius 3 is 2.39 bits per heavy atom. The molecule has 0 radical (unpaired) electrons. The smallest absolute Gasteiger partial charge is 0.246 e. The predicted octanol–water partition coefficient (Wildman–Crippen LogP) is 4.20. The minimum atomic E-state index is -0.624. The zero-order valence-electron chi connectivity index (χ0n) is 23.3. The standard InChI is InChI=1S/C28H46N4O3S/c1-18(2)24(16-21(7)26(33)29-17-22-12-11-15-36-22)31(8)28(35)25(19(3)4)30-27(34)23-13-9-10-14-32(23)20(5)6/h11-12,15-16,18-20,23-25H,9-10,13-14,17H2,1-8H3,(H,29,33)(H,30,34)/b21-16+/t23?,24-,25?/m1/s1. The van der Waals surface area contributed by atoms with Crippen LogP contribution in [0.3, 0.4) is 0 Å². The van der Waals surface area contributed by atoms with Gasteiger partial charge in [-0.25, -0.2) is 0 Å². The number of likely N-dealkylation sites (N-methyl/N-ethyl adjacent to an activating group) is 1. The van der Waals surface area contributed by atoms with E-state index in [1.54, 1.807) is 30.2 Å². The summed E-state index contributed by atoms with van der Waals surface area (Å²) >= 11 is 1.60. The van der Waals surface area contributed by atoms with E-state index in [2.05, 4.69) is 29.4 Å². The van der Waals surface area contributed by atoms with Gasteiger partial charge in [0.25, 0.3) is 0 Å². The molecule has 0 saturated carbocycles. The fourth-order valence-corrected chi connectivity index (χ4v) is 5.43. The van der Waals surface area contributed by atoms with Gasteiger partial charge in [-0.2, -0.15) is 0 Å². The zero-order valence-corrected chi connectivity index (χ0v) is 24.2. The van der Waals surface area contributed by atoms with Crippen molar-refractivity contribution < 1.29 is 14.4 Å². The minimum Gasteiger partial charge on any atom is -0.347 e. The van der Waals surface area contributed by atoms with Crippen molar-refractivity contribution in [1.82, 2.24) is 20.4 Å². The van der Waals surface area contributed by atoms with Crippen molar-refractivity contribution in [2.24, 2.45) is 11.8 Å². The van der Waals surface area contributed by atoms with Gasteiger partial charge in [-0.3, -0.25) is 19.3 Å². The topological polar surface area (TPSA) is 81.8 Å². The number of nitrogens with zero attached hydrogens (tertiary/aromatic N) is 2. The van der Waals surface area contributed by atoms with Gasteiger partial charge in [0.05, 0.1) is 18.6 Å². The maximum Gasteiger partial charge on any atom is 0.246 e. The molecule has 1 saturated heterocycles. The molecule has 2 rings (SSSR count). The first kappa shape index (κ1) is 30.0. The van der Waals surface area contributed by atoms with Crippen LogP contribution in [0.1, 0.15) is 72.6 Å². The van der Waals surface area contributed by atoms with Crippen LogP contribution in [0.4, 0.5) is 0 Å². The highest BCUT2D eigenvalue weighted by Crippen LogP contribution is 2.21. The summed E-state index contributed by atoms with van der Waals surface area (Å²) in [6.45, 7) is 15.4. The van der Waals surface area contributed by atoms with Crippen LogP contribution >= 0.6 is 11.3 Å². The highest BCUT2D eigenvalue weighted by Gasteiger charge is 2.36. The summed E-state index contributed by atoms with van der Waals surface area (Å²) in [6.07, 6.45) is 4.80. The Morgan fingerprint density at radius 1 is 1.14 bits per heavy atom. The molecule has 202 valence electrons. The largest absolute Gasteiger partial charge is 0.347 e. The van der Waals surface area contributed by atoms with Gasteiger partial charge in [0.1, 0.15) is 6.04 Å². The third kappa shape index (κ3) is 8.17. The van der Waals surface area contributed by atoms with Crippen LogP contribution in [-0.2, 0) is 20.9 Å². The molecule has 2 unspecified atom stereocenters. The molecule has 1 aromatic rings. The third-order valence-corrected chi connectivity index (χ3v) is 7.88. The van der Waals surface area contributed by atoms with E-state index in [-0.39, 0.29) is 47.7 Å². The maximum absolute atomic E-state index is 13.7. The van der Waals surface area contributed by atoms with Crippen molar-refractivity contribution in [2.45, 2.75) is 98.4 Å². The van der Waals surface area contributed by atoms with E-state index < -0.39 is 6.04 Å². The first-order valence-corrected chi connectivity index (χ1v) is 14.1. The van der Waals surface area contributed by atoms with E-state index in [0.717, 1.165) is 30.7 Å². The van der Waals surface area contributed by atoms with E-state index in [1.165, 1.54) is 0 Å². The number of likely N-dealkylation sites (tertiary alicyclic amines) is 1. The average Bonchev–Trinajstić information content (AvgIpc) is 3.36. The van der Waals surface area contributed by atoms with E-state index >= 15 is 0 Å². The molecule has 3 amide bonds. The molecule has 8 heteroatoms. The summed E-state index contributed by atoms with van der Waals surface area (Å²) < 4.78 is 0. The van der Waals surface area contributed by atoms with Crippen molar-refractivity contribution in [2.75, 3.05) is 13.6 Å². The zero-order chi connectivity index (χ0) is 27.0. The van der Waals surface area contributed by atoms with Crippen LogP contribution in [0.2, 0.25) is 0 Å². The van der Waals surface area contributed by atoms with Gasteiger partial charge in [0.15, 0.2) is 0 Å². The fourth-order valence-electron chi connectivity index (χ4n) is 4.79. The Balaban J connectivity index is 2.13. The molecule has 2 heterocycles. The first-order valence-electron chi connectivity index (χ1n) is 13.3. The number of rotatable bonds is 11. The van der Waals surface area contributed by atoms with Gasteiger partial charge >= 0.3 is 0 Å². The second-order valence-corrected chi connectivity index (χ2v) is 11.9. The maximum atomic E-state index is 13.7. The monoisotopic (exact) mass is 518 g/mol. The van der Waals surface area contributed by atoms with Gasteiger partial charge in [0.2, 0.25) is 17.7 Å². The van der Waals surface area contributed by atoms with Crippen LogP contribution in [0, 0.1) is 11.8 Å². The number of hydrogen-bond acceptors (Lipinski definition) is 5. The third-order valence-electron chi connectivity index (χ3n) is 7.00. The molecule has 3 atom stereocenters. The molecule has 36 heavy (non-hydrogen) atoms. The number of thiophene rings is 1. The van der Waals surface area contributed by atoms with Crippen LogP contribution in [-0.4, -0.2) is 65.3 Å². The summed E-state index contributed by atoms with van der Waals surface area (Å²) in [5, 5.41) is 8.02. The fraction of sp³-hybridized carbons (Fsp3) is 0.679. The Labute approximate surface area is 221 Å². The molecule has 2 N–H and O–H groups in total. The summed E-state index contributed by atoms with van der Waals surface area (Å²) in [5.74, 6) is -0.310. The molecule has 1 aliphatic rings. The van der Waals surface area contributed by atoms with Crippen molar-refractivity contribution in [3.63, 3.8) is 0 Å². The summed E-state index contributed by atoms with van der Waals surface area (Å²) in [6, 6.07) is 3.13. The lowest BCUT2D eigenvalue weighted by Gasteiger charge is -2.39. The number of piperidine rings is 1. The second kappa shape index (κ2) is 13.9. The molecular weight excluding hydrogens is 472 g/mol. The highest BCUT2D eigenvalue weighted by atomic mass is 32.1. The Kier molecular flexibility index (Phi) is 11.6. The molecule has 0 spiro atoms. The lowest BCUT2D eigenvalue weighted by atomic mass is 9.95. The van der Waals surface area contributed by atoms with Crippen LogP contribution in [0.25, 0.3) is 0 Å². The van der Waals surface area contributed by atoms with Gasteiger partial charge in [-0.15, -0.1) is 11.3 Å². The number of nitrogens with one attached hydrogen (secondary N) is 2. The molecule has 0 aromatic carbocycles. The van der Waals surface area contributed by atoms with Crippen molar-refractivity contribution in [1.29, 1.82) is 0 Å². The number of carbonyl (C=O) groups excluding carboxylic acids is 3. The molecule has 1 fully saturated rings. The number of hydrogen-bond donors (Lipinski definition) is 2. The molecule has 7 nitrogen and oxygen atoms in total. The van der Waals surface area contributed by atoms with Gasteiger partial charge in [-0.1, -0.05) is 46.3 Å². The van der Waals surface area contributed by atoms with Gasteiger partial charge in [0, 0.05) is 23.5 Å². The van der Waals surface area contributed by atoms with Crippen molar-refractivity contribution >= 4 is 29.1 Å². The Morgan fingerprint density at radius 2 is 1.83 bits per heavy atom. The van der Waals surface area contributed by atoms with Crippen molar-refractivity contribution in [3.8, 4) is 0 Å². The Hall–Kier alpha value is -2.19. The van der Waals surface area contributed by atoms with Crippen LogP contribution in [0.15, 0.2) is 29.2 Å². The predicted molar refractivity (Wildman–Crippen MR) is 148 cm³/mol. The SMILES string of the molecule is C/C(=C\[C@H](C(C)C)N(C)C(=O)C(NC(=O)C1CCCCN1C(C)C)C(C)C)C(=O)NCc1cccs1. The molecule has 0 aliphatic carbocycles. The molecule has 1 aliphatic heterocycles. The normalized spacial score (nSPS) is 18.9. The number of amides is 3. The van der Waals surface area contributed by atoms with E-state index in [4.69, 9.17) is 0 Å². The minimum absolute atomic E-state index is 0.0630. The second-order valence-electron chi connectivity index (χ2n) is 10.9. The summed E-state index contributed by atoms with van der Waals surface area (Å²) in [7, 11) is 1.77. The number of carbonyl (C=O) groups is 3. The lowest BCUT2D eigenvalue weighted by Crippen LogP contribution is -2.58. The summed E-state index contributed by atoms with van der Waals surface area (Å²) in [5.41, 5.74) is 0.574. The van der Waals surface area contributed by atoms with Gasteiger partial charge in [-0.05, 0) is 63.4 Å². The van der Waals surface area contributed by atoms with Crippen LogP contribution < -0.4 is 10.6 Å². The van der Waals surface area contributed by atoms with Crippen LogP contribution in [0.5, 0.6) is 0 Å².